The van der Waals surface area contributed by atoms with Crippen LogP contribution in [0.5, 0.6) is 0 Å². The van der Waals surface area contributed by atoms with Gasteiger partial charge in [0.05, 0.1) is 14.2 Å². The molecule has 2 aromatic rings. The van der Waals surface area contributed by atoms with Crippen molar-refractivity contribution in [1.82, 2.24) is 0 Å². The minimum atomic E-state index is -5.39. The van der Waals surface area contributed by atoms with E-state index in [0.29, 0.717) is 38.5 Å². The van der Waals surface area contributed by atoms with Crippen LogP contribution in [0.25, 0.3) is 11.1 Å². The van der Waals surface area contributed by atoms with Crippen molar-refractivity contribution in [1.29, 1.82) is 0 Å². The number of rotatable bonds is 7. The van der Waals surface area contributed by atoms with Crippen LogP contribution in [0.3, 0.4) is 0 Å². The molecule has 0 saturated carbocycles. The van der Waals surface area contributed by atoms with Crippen molar-refractivity contribution in [3.8, 4) is 11.1 Å². The Kier molecular flexibility index (Phi) is 12.3. The van der Waals surface area contributed by atoms with Crippen molar-refractivity contribution >= 4 is 123 Å². The predicted octanol–water partition coefficient (Wildman–Crippen LogP) is 0.527. The van der Waals surface area contributed by atoms with E-state index in [1.165, 1.54) is 0 Å². The Morgan fingerprint density at radius 3 is 1.03 bits per heavy atom. The first-order valence-corrected chi connectivity index (χ1v) is 14.1. The van der Waals surface area contributed by atoms with E-state index in [0.717, 1.165) is 0 Å². The SMILES string of the molecule is COS(=O)(=O)c1cc(Cl)cc(S(=O)(=O)O)c1-c1c(S(=O)(=O)O)cc(Cl)cc1S(=O)(=O)OC.[NaH].[NaH]. The van der Waals surface area contributed by atoms with Crippen LogP contribution in [-0.4, -0.2) is 116 Å². The molecule has 0 aliphatic heterocycles. The molecule has 0 aromatic heterocycles. The van der Waals surface area contributed by atoms with Crippen LogP contribution in [0.4, 0.5) is 0 Å². The maximum absolute atomic E-state index is 12.5. The van der Waals surface area contributed by atoms with Crippen LogP contribution >= 0.6 is 23.2 Å². The van der Waals surface area contributed by atoms with E-state index in [1.54, 1.807) is 0 Å². The standard InChI is InChI=1S/C14H12Cl2O12S4.2Na.2H/c1-27-31(23,24)11-5-7(15)3-9(29(17,18)19)13(11)14-10(30(20,21)22)4-8(16)6-12(14)32(25,26)28-2;;;;/h3-6H,1-2H3,(H,17,18,19)(H,20,21,22);;;;. The summed E-state index contributed by atoms with van der Waals surface area (Å²) in [6, 6.07) is 2.25. The third-order valence-corrected chi connectivity index (χ3v) is 8.64. The van der Waals surface area contributed by atoms with Gasteiger partial charge in [-0.2, -0.15) is 33.7 Å². The molecule has 0 bridgehead atoms. The van der Waals surface area contributed by atoms with E-state index in [-0.39, 0.29) is 59.1 Å². The molecule has 0 unspecified atom stereocenters. The fourth-order valence-corrected chi connectivity index (χ4v) is 6.73. The number of hydrogen-bond acceptors (Lipinski definition) is 10. The Balaban J connectivity index is 0.00000544. The molecule has 0 amide bonds. The zero-order valence-corrected chi connectivity index (χ0v) is 20.5. The average molecular weight is 619 g/mol. The second-order valence-electron chi connectivity index (χ2n) is 5.75. The van der Waals surface area contributed by atoms with E-state index >= 15 is 0 Å². The van der Waals surface area contributed by atoms with Gasteiger partial charge in [0.1, 0.15) is 19.6 Å². The Hall–Kier alpha value is 0.660. The van der Waals surface area contributed by atoms with Gasteiger partial charge in [-0.15, -0.1) is 0 Å². The molecular formula is C14H14Cl2Na2O12S4. The first kappa shape index (κ1) is 34.7. The molecule has 0 aliphatic rings. The second-order valence-corrected chi connectivity index (χ2v) is 12.8. The summed E-state index contributed by atoms with van der Waals surface area (Å²) < 4.78 is 126. The zero-order valence-electron chi connectivity index (χ0n) is 15.7. The summed E-state index contributed by atoms with van der Waals surface area (Å²) in [5.74, 6) is 0. The van der Waals surface area contributed by atoms with Crippen LogP contribution in [0.2, 0.25) is 10.0 Å². The molecule has 0 aliphatic carbocycles. The van der Waals surface area contributed by atoms with Crippen molar-refractivity contribution in [2.45, 2.75) is 19.6 Å². The maximum atomic E-state index is 12.5. The molecule has 12 nitrogen and oxygen atoms in total. The molecule has 0 fully saturated rings. The van der Waals surface area contributed by atoms with E-state index in [4.69, 9.17) is 23.2 Å². The normalized spacial score (nSPS) is 12.5. The van der Waals surface area contributed by atoms with Gasteiger partial charge in [0.25, 0.3) is 40.5 Å². The van der Waals surface area contributed by atoms with Crippen LogP contribution in [0, 0.1) is 0 Å². The predicted molar refractivity (Wildman–Crippen MR) is 124 cm³/mol. The molecule has 34 heavy (non-hydrogen) atoms. The quantitative estimate of drug-likeness (QED) is 0.248. The van der Waals surface area contributed by atoms with E-state index in [1.807, 2.05) is 0 Å². The molecule has 0 heterocycles. The van der Waals surface area contributed by atoms with Gasteiger partial charge in [-0.05, 0) is 24.3 Å². The van der Waals surface area contributed by atoms with Crippen LogP contribution in [-0.2, 0) is 48.8 Å². The van der Waals surface area contributed by atoms with Crippen LogP contribution in [0.15, 0.2) is 43.8 Å². The molecule has 2 rings (SSSR count). The molecular weight excluding hydrogens is 605 g/mol. The number of benzene rings is 2. The van der Waals surface area contributed by atoms with Gasteiger partial charge in [-0.25, -0.2) is 0 Å². The first-order valence-electron chi connectivity index (χ1n) is 7.60. The minimum absolute atomic E-state index is 0. The molecule has 2 aromatic carbocycles. The van der Waals surface area contributed by atoms with Gasteiger partial charge in [-0.3, -0.25) is 17.5 Å². The third kappa shape index (κ3) is 7.37. The van der Waals surface area contributed by atoms with E-state index in [2.05, 4.69) is 8.37 Å². The second kappa shape index (κ2) is 12.0. The Bertz CT molecular complexity index is 1420. The molecule has 0 saturated heterocycles. The summed E-state index contributed by atoms with van der Waals surface area (Å²) in [5, 5.41) is -1.15. The van der Waals surface area contributed by atoms with Crippen molar-refractivity contribution in [2.24, 2.45) is 0 Å². The van der Waals surface area contributed by atoms with Gasteiger partial charge in [0, 0.05) is 21.2 Å². The molecule has 0 atom stereocenters. The third-order valence-electron chi connectivity index (χ3n) is 3.84. The molecule has 0 spiro atoms. The van der Waals surface area contributed by atoms with Gasteiger partial charge in [0.2, 0.25) is 0 Å². The zero-order chi connectivity index (χ0) is 24.9. The van der Waals surface area contributed by atoms with Gasteiger partial charge >= 0.3 is 59.1 Å². The van der Waals surface area contributed by atoms with Crippen molar-refractivity contribution in [3.05, 3.63) is 34.3 Å². The Labute approximate surface area is 250 Å². The molecule has 20 heteroatoms. The average Bonchev–Trinajstić information content (AvgIpc) is 2.65. The topological polar surface area (TPSA) is 195 Å². The summed E-state index contributed by atoms with van der Waals surface area (Å²) >= 11 is 11.5. The van der Waals surface area contributed by atoms with Crippen molar-refractivity contribution in [3.63, 3.8) is 0 Å². The summed E-state index contributed by atoms with van der Waals surface area (Å²) in [5.41, 5.74) is -2.39. The summed E-state index contributed by atoms with van der Waals surface area (Å²) in [6.07, 6.45) is 0. The van der Waals surface area contributed by atoms with Crippen molar-refractivity contribution < 1.29 is 51.1 Å². The summed E-state index contributed by atoms with van der Waals surface area (Å²) in [6.45, 7) is 0. The summed E-state index contributed by atoms with van der Waals surface area (Å²) in [7, 11) is -19.3. The Morgan fingerprint density at radius 2 is 0.824 bits per heavy atom. The monoisotopic (exact) mass is 618 g/mol. The van der Waals surface area contributed by atoms with E-state index in [9.17, 15) is 42.8 Å². The molecule has 0 radical (unpaired) electrons. The molecule has 2 N–H and O–H groups in total. The fourth-order valence-electron chi connectivity index (χ4n) is 2.59. The van der Waals surface area contributed by atoms with Gasteiger partial charge in [0.15, 0.2) is 0 Å². The van der Waals surface area contributed by atoms with E-state index < -0.39 is 81.2 Å². The first-order chi connectivity index (χ1) is 14.4. The summed E-state index contributed by atoms with van der Waals surface area (Å²) in [4.78, 5) is -4.94. The Morgan fingerprint density at radius 1 is 0.588 bits per heavy atom. The number of hydrogen-bond donors (Lipinski definition) is 2. The number of halogens is 2. The van der Waals surface area contributed by atoms with Crippen LogP contribution in [0.1, 0.15) is 0 Å². The van der Waals surface area contributed by atoms with Gasteiger partial charge < -0.3 is 0 Å². The van der Waals surface area contributed by atoms with Crippen molar-refractivity contribution in [2.75, 3.05) is 14.2 Å². The molecule has 182 valence electrons. The van der Waals surface area contributed by atoms with Crippen LogP contribution < -0.4 is 0 Å². The fraction of sp³-hybridized carbons (Fsp3) is 0.143. The van der Waals surface area contributed by atoms with Gasteiger partial charge in [-0.1, -0.05) is 23.2 Å².